The number of thiazole rings is 1. The van der Waals surface area contributed by atoms with Gasteiger partial charge in [0, 0.05) is 49.4 Å². The molecule has 2 aromatic rings. The second-order valence-corrected chi connectivity index (χ2v) is 6.30. The molecule has 0 bridgehead atoms. The average molecular weight is 304 g/mol. The standard InChI is InChI=1S/C15H20N4OS/c1-2-13-16-5-8-18(13)11-14(20)19-7-3-4-12(10-19)15-17-6-9-21-15/h5-6,8-9,12H,2-4,7,10-11H2,1H3/t12-/m1/s1. The molecule has 3 heterocycles. The summed E-state index contributed by atoms with van der Waals surface area (Å²) >= 11 is 1.69. The number of nitrogens with zero attached hydrogens (tertiary/aromatic N) is 4. The summed E-state index contributed by atoms with van der Waals surface area (Å²) in [6.07, 6.45) is 8.53. The molecular weight excluding hydrogens is 284 g/mol. The first kappa shape index (κ1) is 14.3. The zero-order valence-electron chi connectivity index (χ0n) is 12.2. The van der Waals surface area contributed by atoms with Gasteiger partial charge in [-0.05, 0) is 12.8 Å². The van der Waals surface area contributed by atoms with Crippen LogP contribution in [0.3, 0.4) is 0 Å². The van der Waals surface area contributed by atoms with Crippen LogP contribution in [-0.4, -0.2) is 38.4 Å². The largest absolute Gasteiger partial charge is 0.340 e. The van der Waals surface area contributed by atoms with E-state index < -0.39 is 0 Å². The molecule has 112 valence electrons. The number of aryl methyl sites for hydroxylation is 1. The highest BCUT2D eigenvalue weighted by molar-refractivity contribution is 7.09. The van der Waals surface area contributed by atoms with Crippen molar-refractivity contribution in [1.82, 2.24) is 19.4 Å². The number of carbonyl (C=O) groups is 1. The molecule has 1 aliphatic heterocycles. The lowest BCUT2D eigenvalue weighted by Gasteiger charge is -2.32. The highest BCUT2D eigenvalue weighted by atomic mass is 32.1. The number of aromatic nitrogens is 3. The topological polar surface area (TPSA) is 51.0 Å². The lowest BCUT2D eigenvalue weighted by Crippen LogP contribution is -2.40. The number of rotatable bonds is 4. The molecular formula is C15H20N4OS. The SMILES string of the molecule is CCc1nccn1CC(=O)N1CCC[C@@H](c2nccs2)C1. The van der Waals surface area contributed by atoms with Gasteiger partial charge in [0.1, 0.15) is 12.4 Å². The summed E-state index contributed by atoms with van der Waals surface area (Å²) < 4.78 is 1.95. The second kappa shape index (κ2) is 6.39. The van der Waals surface area contributed by atoms with Gasteiger partial charge in [0.15, 0.2) is 0 Å². The van der Waals surface area contributed by atoms with Crippen molar-refractivity contribution in [3.05, 3.63) is 34.8 Å². The molecule has 1 saturated heterocycles. The van der Waals surface area contributed by atoms with Crippen LogP contribution in [0.15, 0.2) is 24.0 Å². The Kier molecular flexibility index (Phi) is 4.34. The van der Waals surface area contributed by atoms with Crippen LogP contribution in [0.1, 0.15) is 36.5 Å². The fraction of sp³-hybridized carbons (Fsp3) is 0.533. The first-order valence-electron chi connectivity index (χ1n) is 7.45. The van der Waals surface area contributed by atoms with E-state index in [1.165, 1.54) is 0 Å². The Morgan fingerprint density at radius 1 is 1.43 bits per heavy atom. The predicted octanol–water partition coefficient (Wildman–Crippen LogP) is 2.31. The molecule has 0 unspecified atom stereocenters. The van der Waals surface area contributed by atoms with Crippen LogP contribution < -0.4 is 0 Å². The molecule has 1 fully saturated rings. The minimum Gasteiger partial charge on any atom is -0.340 e. The summed E-state index contributed by atoms with van der Waals surface area (Å²) in [6, 6.07) is 0. The van der Waals surface area contributed by atoms with Crippen molar-refractivity contribution in [1.29, 1.82) is 0 Å². The van der Waals surface area contributed by atoms with Crippen LogP contribution in [0.25, 0.3) is 0 Å². The van der Waals surface area contributed by atoms with E-state index in [1.807, 2.05) is 27.2 Å². The van der Waals surface area contributed by atoms with E-state index in [0.717, 1.165) is 43.2 Å². The maximum absolute atomic E-state index is 12.5. The third-order valence-electron chi connectivity index (χ3n) is 4.00. The number of amides is 1. The first-order chi connectivity index (χ1) is 10.3. The molecule has 1 amide bonds. The Bertz CT molecular complexity index is 593. The monoisotopic (exact) mass is 304 g/mol. The number of hydrogen-bond acceptors (Lipinski definition) is 4. The van der Waals surface area contributed by atoms with Crippen LogP contribution in [0.2, 0.25) is 0 Å². The van der Waals surface area contributed by atoms with Gasteiger partial charge in [-0.15, -0.1) is 11.3 Å². The van der Waals surface area contributed by atoms with Crippen molar-refractivity contribution in [2.75, 3.05) is 13.1 Å². The van der Waals surface area contributed by atoms with Gasteiger partial charge in [0.2, 0.25) is 5.91 Å². The van der Waals surface area contributed by atoms with Crippen molar-refractivity contribution >= 4 is 17.2 Å². The molecule has 1 aliphatic rings. The van der Waals surface area contributed by atoms with E-state index in [2.05, 4.69) is 16.9 Å². The lowest BCUT2D eigenvalue weighted by molar-refractivity contribution is -0.133. The van der Waals surface area contributed by atoms with Gasteiger partial charge in [-0.2, -0.15) is 0 Å². The van der Waals surface area contributed by atoms with Gasteiger partial charge < -0.3 is 9.47 Å². The van der Waals surface area contributed by atoms with Gasteiger partial charge in [-0.1, -0.05) is 6.92 Å². The third-order valence-corrected chi connectivity index (χ3v) is 4.94. The third kappa shape index (κ3) is 3.15. The van der Waals surface area contributed by atoms with Crippen LogP contribution in [0, 0.1) is 0 Å². The smallest absolute Gasteiger partial charge is 0.242 e. The van der Waals surface area contributed by atoms with E-state index in [0.29, 0.717) is 12.5 Å². The Balaban J connectivity index is 1.64. The Labute approximate surface area is 128 Å². The fourth-order valence-corrected chi connectivity index (χ4v) is 3.65. The molecule has 0 spiro atoms. The number of carbonyl (C=O) groups excluding carboxylic acids is 1. The summed E-state index contributed by atoms with van der Waals surface area (Å²) in [5.74, 6) is 1.55. The van der Waals surface area contributed by atoms with Crippen LogP contribution in [0.5, 0.6) is 0 Å². The van der Waals surface area contributed by atoms with E-state index >= 15 is 0 Å². The number of likely N-dealkylation sites (tertiary alicyclic amines) is 1. The Morgan fingerprint density at radius 2 is 2.33 bits per heavy atom. The Hall–Kier alpha value is -1.69. The summed E-state index contributed by atoms with van der Waals surface area (Å²) in [6.45, 7) is 4.11. The van der Waals surface area contributed by atoms with Crippen molar-refractivity contribution in [3.8, 4) is 0 Å². The van der Waals surface area contributed by atoms with Gasteiger partial charge in [0.05, 0.1) is 5.01 Å². The molecule has 3 rings (SSSR count). The van der Waals surface area contributed by atoms with E-state index in [1.54, 1.807) is 17.5 Å². The molecule has 0 radical (unpaired) electrons. The highest BCUT2D eigenvalue weighted by Crippen LogP contribution is 2.28. The molecule has 0 aromatic carbocycles. The lowest BCUT2D eigenvalue weighted by atomic mass is 9.99. The highest BCUT2D eigenvalue weighted by Gasteiger charge is 2.26. The maximum Gasteiger partial charge on any atom is 0.242 e. The molecule has 5 nitrogen and oxygen atoms in total. The number of hydrogen-bond donors (Lipinski definition) is 0. The Morgan fingerprint density at radius 3 is 3.10 bits per heavy atom. The van der Waals surface area contributed by atoms with Crippen molar-refractivity contribution in [2.45, 2.75) is 38.6 Å². The average Bonchev–Trinajstić information content (AvgIpc) is 3.18. The molecule has 0 N–H and O–H groups in total. The quantitative estimate of drug-likeness (QED) is 0.871. The summed E-state index contributed by atoms with van der Waals surface area (Å²) in [7, 11) is 0. The molecule has 0 saturated carbocycles. The van der Waals surface area contributed by atoms with Gasteiger partial charge in [-0.25, -0.2) is 9.97 Å². The van der Waals surface area contributed by atoms with Crippen molar-refractivity contribution in [2.24, 2.45) is 0 Å². The zero-order chi connectivity index (χ0) is 14.7. The van der Waals surface area contributed by atoms with E-state index in [9.17, 15) is 4.79 Å². The number of piperidine rings is 1. The summed E-state index contributed by atoms with van der Waals surface area (Å²) in [5.41, 5.74) is 0. The van der Waals surface area contributed by atoms with Gasteiger partial charge in [-0.3, -0.25) is 4.79 Å². The summed E-state index contributed by atoms with van der Waals surface area (Å²) in [5, 5.41) is 3.17. The normalized spacial score (nSPS) is 18.9. The van der Waals surface area contributed by atoms with Crippen molar-refractivity contribution < 1.29 is 4.79 Å². The van der Waals surface area contributed by atoms with Crippen molar-refractivity contribution in [3.63, 3.8) is 0 Å². The van der Waals surface area contributed by atoms with E-state index in [4.69, 9.17) is 0 Å². The van der Waals surface area contributed by atoms with Gasteiger partial charge >= 0.3 is 0 Å². The minimum absolute atomic E-state index is 0.184. The van der Waals surface area contributed by atoms with Crippen LogP contribution >= 0.6 is 11.3 Å². The summed E-state index contributed by atoms with van der Waals surface area (Å²) in [4.78, 5) is 23.2. The minimum atomic E-state index is 0.184. The molecule has 21 heavy (non-hydrogen) atoms. The second-order valence-electron chi connectivity index (χ2n) is 5.37. The zero-order valence-corrected chi connectivity index (χ0v) is 13.1. The van der Waals surface area contributed by atoms with Crippen LogP contribution in [-0.2, 0) is 17.8 Å². The predicted molar refractivity (Wildman–Crippen MR) is 82.3 cm³/mol. The first-order valence-corrected chi connectivity index (χ1v) is 8.33. The van der Waals surface area contributed by atoms with Crippen LogP contribution in [0.4, 0.5) is 0 Å². The molecule has 2 aromatic heterocycles. The maximum atomic E-state index is 12.5. The molecule has 1 atom stereocenters. The van der Waals surface area contributed by atoms with Gasteiger partial charge in [0.25, 0.3) is 0 Å². The fourth-order valence-electron chi connectivity index (χ4n) is 2.89. The van der Waals surface area contributed by atoms with E-state index in [-0.39, 0.29) is 5.91 Å². The molecule has 0 aliphatic carbocycles. The number of imidazole rings is 1. The molecule has 6 heteroatoms.